The molecule has 0 aliphatic heterocycles. The van der Waals surface area contributed by atoms with Crippen LogP contribution in [-0.4, -0.2) is 12.6 Å². The second-order valence-corrected chi connectivity index (χ2v) is 5.26. The first-order valence-corrected chi connectivity index (χ1v) is 6.73. The fourth-order valence-electron chi connectivity index (χ4n) is 1.55. The molecular weight excluding hydrogens is 244 g/mol. The number of alkyl halides is 1. The lowest BCUT2D eigenvalue weighted by atomic mass is 9.89. The molecule has 1 aromatic heterocycles. The Labute approximate surface area is 106 Å². The SMILES string of the molecule is CCOC(=O)C(Cl)(c1cccs1)C(C)CC. The zero-order valence-corrected chi connectivity index (χ0v) is 11.4. The van der Waals surface area contributed by atoms with Crippen LogP contribution < -0.4 is 0 Å². The predicted octanol–water partition coefficient (Wildman–Crippen LogP) is 3.79. The molecule has 1 aromatic rings. The molecule has 0 spiro atoms. The number of carbonyl (C=O) groups is 1. The van der Waals surface area contributed by atoms with Crippen LogP contribution in [0.4, 0.5) is 0 Å². The van der Waals surface area contributed by atoms with Gasteiger partial charge in [0.15, 0.2) is 4.87 Å². The van der Waals surface area contributed by atoms with Gasteiger partial charge in [0.2, 0.25) is 0 Å². The number of rotatable bonds is 5. The van der Waals surface area contributed by atoms with E-state index in [1.165, 1.54) is 11.3 Å². The third-order valence-electron chi connectivity index (χ3n) is 2.74. The summed E-state index contributed by atoms with van der Waals surface area (Å²) >= 11 is 8.02. The van der Waals surface area contributed by atoms with E-state index in [1.54, 1.807) is 6.92 Å². The second-order valence-electron chi connectivity index (χ2n) is 3.72. The number of hydrogen-bond acceptors (Lipinski definition) is 3. The summed E-state index contributed by atoms with van der Waals surface area (Å²) in [6.07, 6.45) is 0.834. The normalized spacial score (nSPS) is 16.5. The van der Waals surface area contributed by atoms with Crippen LogP contribution in [0.25, 0.3) is 0 Å². The van der Waals surface area contributed by atoms with E-state index in [0.29, 0.717) is 6.61 Å². The number of carbonyl (C=O) groups excluding carboxylic acids is 1. The molecule has 0 amide bonds. The number of esters is 1. The van der Waals surface area contributed by atoms with Gasteiger partial charge < -0.3 is 4.74 Å². The van der Waals surface area contributed by atoms with E-state index in [0.717, 1.165) is 11.3 Å². The molecule has 0 aromatic carbocycles. The molecule has 0 bridgehead atoms. The van der Waals surface area contributed by atoms with E-state index < -0.39 is 4.87 Å². The van der Waals surface area contributed by atoms with Crippen molar-refractivity contribution in [2.24, 2.45) is 5.92 Å². The molecule has 2 unspecified atom stereocenters. The average molecular weight is 261 g/mol. The smallest absolute Gasteiger partial charge is 0.332 e. The van der Waals surface area contributed by atoms with Crippen molar-refractivity contribution in [3.63, 3.8) is 0 Å². The Kier molecular flexibility index (Phi) is 4.81. The minimum absolute atomic E-state index is 0.0480. The molecule has 16 heavy (non-hydrogen) atoms. The molecule has 0 saturated carbocycles. The summed E-state index contributed by atoms with van der Waals surface area (Å²) in [7, 11) is 0. The first kappa shape index (κ1) is 13.5. The van der Waals surface area contributed by atoms with Crippen LogP contribution in [0.1, 0.15) is 32.1 Å². The maximum absolute atomic E-state index is 12.0. The summed E-state index contributed by atoms with van der Waals surface area (Å²) in [6, 6.07) is 3.79. The van der Waals surface area contributed by atoms with Gasteiger partial charge in [0.1, 0.15) is 0 Å². The first-order valence-electron chi connectivity index (χ1n) is 5.47. The van der Waals surface area contributed by atoms with Crippen molar-refractivity contribution in [2.75, 3.05) is 6.61 Å². The number of halogens is 1. The predicted molar refractivity (Wildman–Crippen MR) is 67.9 cm³/mol. The van der Waals surface area contributed by atoms with Crippen molar-refractivity contribution in [2.45, 2.75) is 32.1 Å². The molecular formula is C12H17ClO2S. The number of ether oxygens (including phenoxy) is 1. The van der Waals surface area contributed by atoms with Crippen molar-refractivity contribution >= 4 is 28.9 Å². The van der Waals surface area contributed by atoms with Gasteiger partial charge in [-0.1, -0.05) is 26.3 Å². The summed E-state index contributed by atoms with van der Waals surface area (Å²) in [5, 5.41) is 1.92. The lowest BCUT2D eigenvalue weighted by Gasteiger charge is -2.29. The minimum atomic E-state index is -1.03. The molecule has 1 rings (SSSR count). The minimum Gasteiger partial charge on any atom is -0.464 e. The summed E-state index contributed by atoms with van der Waals surface area (Å²) < 4.78 is 5.09. The Bertz CT molecular complexity index is 337. The average Bonchev–Trinajstić information content (AvgIpc) is 2.80. The maximum Gasteiger partial charge on any atom is 0.332 e. The van der Waals surface area contributed by atoms with Crippen LogP contribution in [0.3, 0.4) is 0 Å². The molecule has 4 heteroatoms. The molecule has 0 fully saturated rings. The third-order valence-corrected chi connectivity index (χ3v) is 4.59. The van der Waals surface area contributed by atoms with Gasteiger partial charge in [-0.2, -0.15) is 0 Å². The second kappa shape index (κ2) is 5.69. The molecule has 1 heterocycles. The molecule has 90 valence electrons. The number of hydrogen-bond donors (Lipinski definition) is 0. The summed E-state index contributed by atoms with van der Waals surface area (Å²) in [5.74, 6) is -0.291. The highest BCUT2D eigenvalue weighted by atomic mass is 35.5. The van der Waals surface area contributed by atoms with Crippen molar-refractivity contribution in [1.82, 2.24) is 0 Å². The molecule has 2 atom stereocenters. The van der Waals surface area contributed by atoms with Crippen LogP contribution in [0.2, 0.25) is 0 Å². The number of thiophene rings is 1. The fourth-order valence-corrected chi connectivity index (χ4v) is 2.87. The Morgan fingerprint density at radius 3 is 2.75 bits per heavy atom. The van der Waals surface area contributed by atoms with Crippen LogP contribution >= 0.6 is 22.9 Å². The van der Waals surface area contributed by atoms with E-state index in [-0.39, 0.29) is 11.9 Å². The summed E-state index contributed by atoms with van der Waals surface area (Å²) in [6.45, 7) is 6.15. The quantitative estimate of drug-likeness (QED) is 0.595. The van der Waals surface area contributed by atoms with E-state index >= 15 is 0 Å². The monoisotopic (exact) mass is 260 g/mol. The standard InChI is InChI=1S/C12H17ClO2S/c1-4-9(3)12(13,11(14)15-5-2)10-7-6-8-16-10/h6-9H,4-5H2,1-3H3. The highest BCUT2D eigenvalue weighted by Gasteiger charge is 2.45. The highest BCUT2D eigenvalue weighted by Crippen LogP contribution is 2.42. The van der Waals surface area contributed by atoms with Gasteiger partial charge in [-0.05, 0) is 24.3 Å². The zero-order chi connectivity index (χ0) is 12.2. The van der Waals surface area contributed by atoms with Crippen LogP contribution in [0, 0.1) is 5.92 Å². The Balaban J connectivity index is 3.07. The van der Waals surface area contributed by atoms with Gasteiger partial charge in [-0.3, -0.25) is 0 Å². The van der Waals surface area contributed by atoms with Crippen molar-refractivity contribution in [3.05, 3.63) is 22.4 Å². The molecule has 0 saturated heterocycles. The van der Waals surface area contributed by atoms with Crippen molar-refractivity contribution in [1.29, 1.82) is 0 Å². The Morgan fingerprint density at radius 1 is 1.62 bits per heavy atom. The molecule has 0 aliphatic carbocycles. The summed E-state index contributed by atoms with van der Waals surface area (Å²) in [4.78, 5) is 11.9. The van der Waals surface area contributed by atoms with Crippen LogP contribution in [0.15, 0.2) is 17.5 Å². The Morgan fingerprint density at radius 2 is 2.31 bits per heavy atom. The van der Waals surface area contributed by atoms with Gasteiger partial charge in [-0.15, -0.1) is 22.9 Å². The summed E-state index contributed by atoms with van der Waals surface area (Å²) in [5.41, 5.74) is 0. The van der Waals surface area contributed by atoms with Crippen molar-refractivity contribution < 1.29 is 9.53 Å². The van der Waals surface area contributed by atoms with Crippen LogP contribution in [0.5, 0.6) is 0 Å². The van der Waals surface area contributed by atoms with E-state index in [9.17, 15) is 4.79 Å². The van der Waals surface area contributed by atoms with Crippen LogP contribution in [-0.2, 0) is 14.4 Å². The van der Waals surface area contributed by atoms with E-state index in [1.807, 2.05) is 31.4 Å². The topological polar surface area (TPSA) is 26.3 Å². The van der Waals surface area contributed by atoms with E-state index in [4.69, 9.17) is 16.3 Å². The van der Waals surface area contributed by atoms with Gasteiger partial charge >= 0.3 is 5.97 Å². The lowest BCUT2D eigenvalue weighted by Crippen LogP contribution is -2.37. The fraction of sp³-hybridized carbons (Fsp3) is 0.583. The zero-order valence-electron chi connectivity index (χ0n) is 9.83. The molecule has 0 aliphatic rings. The molecule has 2 nitrogen and oxygen atoms in total. The first-order chi connectivity index (χ1) is 7.57. The highest BCUT2D eigenvalue weighted by molar-refractivity contribution is 7.10. The van der Waals surface area contributed by atoms with Gasteiger partial charge in [0.05, 0.1) is 6.61 Å². The van der Waals surface area contributed by atoms with E-state index in [2.05, 4.69) is 0 Å². The van der Waals surface area contributed by atoms with Gasteiger partial charge in [-0.25, -0.2) is 4.79 Å². The van der Waals surface area contributed by atoms with Gasteiger partial charge in [0, 0.05) is 4.88 Å². The Hall–Kier alpha value is -0.540. The van der Waals surface area contributed by atoms with Crippen molar-refractivity contribution in [3.8, 4) is 0 Å². The molecule has 0 radical (unpaired) electrons. The largest absolute Gasteiger partial charge is 0.464 e. The van der Waals surface area contributed by atoms with Gasteiger partial charge in [0.25, 0.3) is 0 Å². The lowest BCUT2D eigenvalue weighted by molar-refractivity contribution is -0.148. The molecule has 0 N–H and O–H groups in total. The maximum atomic E-state index is 12.0. The third kappa shape index (κ3) is 2.41.